The van der Waals surface area contributed by atoms with Gasteiger partial charge in [0.15, 0.2) is 0 Å². The van der Waals surface area contributed by atoms with Crippen LogP contribution in [0.3, 0.4) is 0 Å². The highest BCUT2D eigenvalue weighted by Crippen LogP contribution is 2.27. The SMILES string of the molecule is O=S(=O)(c1ccc(N2CCN(S(=O)(=O)c3ccc4c(c3)CCC4)CC2)nc1)N1CCCC1. The quantitative estimate of drug-likeness (QED) is 0.654. The van der Waals surface area contributed by atoms with Gasteiger partial charge in [-0.25, -0.2) is 21.8 Å². The summed E-state index contributed by atoms with van der Waals surface area (Å²) in [6.45, 7) is 2.88. The highest BCUT2D eigenvalue weighted by Gasteiger charge is 2.31. The molecule has 8 nitrogen and oxygen atoms in total. The van der Waals surface area contributed by atoms with E-state index in [4.69, 9.17) is 0 Å². The van der Waals surface area contributed by atoms with Crippen LogP contribution in [0.15, 0.2) is 46.3 Å². The summed E-state index contributed by atoms with van der Waals surface area (Å²) in [6.07, 6.45) is 6.26. The van der Waals surface area contributed by atoms with E-state index in [0.717, 1.165) is 37.7 Å². The van der Waals surface area contributed by atoms with Crippen LogP contribution in [-0.2, 0) is 32.9 Å². The molecule has 2 aliphatic heterocycles. The standard InChI is InChI=1S/C22H28N4O4S2/c27-31(28,20-7-6-18-4-3-5-19(18)16-20)26-14-12-24(13-15-26)22-9-8-21(17-23-22)32(29,30)25-10-1-2-11-25/h6-9,16-17H,1-5,10-15H2. The summed E-state index contributed by atoms with van der Waals surface area (Å²) in [5, 5.41) is 0. The number of aromatic nitrogens is 1. The normalized spacial score (nSPS) is 20.6. The predicted molar refractivity (Wildman–Crippen MR) is 122 cm³/mol. The van der Waals surface area contributed by atoms with Crippen molar-refractivity contribution in [1.29, 1.82) is 0 Å². The smallest absolute Gasteiger partial charge is 0.244 e. The summed E-state index contributed by atoms with van der Waals surface area (Å²) in [7, 11) is -7.01. The van der Waals surface area contributed by atoms with Crippen molar-refractivity contribution in [3.63, 3.8) is 0 Å². The summed E-state index contributed by atoms with van der Waals surface area (Å²) in [4.78, 5) is 6.96. The number of aryl methyl sites for hydroxylation is 2. The van der Waals surface area contributed by atoms with Crippen LogP contribution >= 0.6 is 0 Å². The molecular weight excluding hydrogens is 448 g/mol. The van der Waals surface area contributed by atoms with Gasteiger partial charge in [0.2, 0.25) is 20.0 Å². The van der Waals surface area contributed by atoms with Crippen LogP contribution in [0.5, 0.6) is 0 Å². The second-order valence-corrected chi connectivity index (χ2v) is 12.5. The maximum Gasteiger partial charge on any atom is 0.244 e. The van der Waals surface area contributed by atoms with Gasteiger partial charge in [-0.3, -0.25) is 0 Å². The molecular formula is C22H28N4O4S2. The molecule has 32 heavy (non-hydrogen) atoms. The molecule has 0 atom stereocenters. The molecule has 3 aliphatic rings. The molecule has 1 aromatic heterocycles. The zero-order valence-electron chi connectivity index (χ0n) is 18.0. The molecule has 10 heteroatoms. The monoisotopic (exact) mass is 476 g/mol. The maximum absolute atomic E-state index is 13.1. The molecule has 0 spiro atoms. The average Bonchev–Trinajstić information content (AvgIpc) is 3.51. The molecule has 0 N–H and O–H groups in total. The van der Waals surface area contributed by atoms with Crippen molar-refractivity contribution in [3.05, 3.63) is 47.7 Å². The van der Waals surface area contributed by atoms with E-state index in [1.54, 1.807) is 18.2 Å². The number of hydrogen-bond acceptors (Lipinski definition) is 6. The summed E-state index contributed by atoms with van der Waals surface area (Å²) >= 11 is 0. The Hall–Kier alpha value is -2.01. The van der Waals surface area contributed by atoms with Gasteiger partial charge in [-0.15, -0.1) is 0 Å². The minimum Gasteiger partial charge on any atom is -0.354 e. The highest BCUT2D eigenvalue weighted by molar-refractivity contribution is 7.89. The number of rotatable bonds is 5. The van der Waals surface area contributed by atoms with E-state index in [9.17, 15) is 16.8 Å². The molecule has 5 rings (SSSR count). The number of piperazine rings is 1. The number of anilines is 1. The van der Waals surface area contributed by atoms with Crippen LogP contribution in [0.2, 0.25) is 0 Å². The fraction of sp³-hybridized carbons (Fsp3) is 0.500. The van der Waals surface area contributed by atoms with E-state index < -0.39 is 20.0 Å². The Labute approximate surface area is 190 Å². The average molecular weight is 477 g/mol. The molecule has 2 fully saturated rings. The minimum atomic E-state index is -3.52. The van der Waals surface area contributed by atoms with Crippen LogP contribution in [0, 0.1) is 0 Å². The van der Waals surface area contributed by atoms with Gasteiger partial charge in [-0.1, -0.05) is 6.07 Å². The van der Waals surface area contributed by atoms with E-state index in [2.05, 4.69) is 4.98 Å². The van der Waals surface area contributed by atoms with Crippen molar-refractivity contribution in [2.24, 2.45) is 0 Å². The highest BCUT2D eigenvalue weighted by atomic mass is 32.2. The summed E-state index contributed by atoms with van der Waals surface area (Å²) in [5.41, 5.74) is 2.41. The number of fused-ring (bicyclic) bond motifs is 1. The van der Waals surface area contributed by atoms with E-state index >= 15 is 0 Å². The summed E-state index contributed by atoms with van der Waals surface area (Å²) in [6, 6.07) is 8.84. The number of sulfonamides is 2. The number of hydrogen-bond donors (Lipinski definition) is 0. The fourth-order valence-corrected chi connectivity index (χ4v) is 7.74. The number of pyridine rings is 1. The lowest BCUT2D eigenvalue weighted by Gasteiger charge is -2.34. The Morgan fingerprint density at radius 3 is 1.97 bits per heavy atom. The van der Waals surface area contributed by atoms with Gasteiger partial charge in [-0.05, 0) is 67.5 Å². The van der Waals surface area contributed by atoms with Crippen molar-refractivity contribution >= 4 is 25.9 Å². The zero-order chi connectivity index (χ0) is 22.3. The topological polar surface area (TPSA) is 90.9 Å². The fourth-order valence-electron chi connectivity index (χ4n) is 4.80. The van der Waals surface area contributed by atoms with Gasteiger partial charge in [0.05, 0.1) is 4.90 Å². The molecule has 172 valence electrons. The molecule has 0 unspecified atom stereocenters. The first kappa shape index (κ1) is 21.8. The summed E-state index contributed by atoms with van der Waals surface area (Å²) in [5.74, 6) is 0.667. The van der Waals surface area contributed by atoms with Crippen molar-refractivity contribution in [2.75, 3.05) is 44.2 Å². The van der Waals surface area contributed by atoms with Crippen LogP contribution in [-0.4, -0.2) is 69.7 Å². The Morgan fingerprint density at radius 2 is 1.28 bits per heavy atom. The van der Waals surface area contributed by atoms with E-state index in [0.29, 0.717) is 50.0 Å². The second kappa shape index (κ2) is 8.40. The Kier molecular flexibility index (Phi) is 5.73. The molecule has 3 heterocycles. The molecule has 2 saturated heterocycles. The largest absolute Gasteiger partial charge is 0.354 e. The molecule has 0 bridgehead atoms. The van der Waals surface area contributed by atoms with Gasteiger partial charge in [0.1, 0.15) is 10.7 Å². The zero-order valence-corrected chi connectivity index (χ0v) is 19.6. The lowest BCUT2D eigenvalue weighted by Crippen LogP contribution is -2.48. The molecule has 0 amide bonds. The molecule has 0 saturated carbocycles. The van der Waals surface area contributed by atoms with Crippen LogP contribution in [0.1, 0.15) is 30.4 Å². The molecule has 2 aromatic rings. The Bertz CT molecular complexity index is 1200. The number of benzene rings is 1. The van der Waals surface area contributed by atoms with Gasteiger partial charge in [0, 0.05) is 45.5 Å². The van der Waals surface area contributed by atoms with Crippen molar-refractivity contribution in [3.8, 4) is 0 Å². The van der Waals surface area contributed by atoms with Crippen molar-refractivity contribution < 1.29 is 16.8 Å². The second-order valence-electron chi connectivity index (χ2n) is 8.64. The van der Waals surface area contributed by atoms with Gasteiger partial charge in [0.25, 0.3) is 0 Å². The predicted octanol–water partition coefficient (Wildman–Crippen LogP) is 1.87. The van der Waals surface area contributed by atoms with Gasteiger partial charge in [-0.2, -0.15) is 8.61 Å². The Balaban J connectivity index is 1.25. The van der Waals surface area contributed by atoms with E-state index in [1.807, 2.05) is 17.0 Å². The first-order valence-corrected chi connectivity index (χ1v) is 14.1. The summed E-state index contributed by atoms with van der Waals surface area (Å²) < 4.78 is 54.7. The first-order chi connectivity index (χ1) is 15.4. The number of nitrogens with zero attached hydrogens (tertiary/aromatic N) is 4. The van der Waals surface area contributed by atoms with Crippen LogP contribution < -0.4 is 4.90 Å². The third-order valence-corrected chi connectivity index (χ3v) is 10.5. The van der Waals surface area contributed by atoms with E-state index in [-0.39, 0.29) is 4.90 Å². The lowest BCUT2D eigenvalue weighted by molar-refractivity contribution is 0.383. The lowest BCUT2D eigenvalue weighted by atomic mass is 10.1. The van der Waals surface area contributed by atoms with Crippen LogP contribution in [0.25, 0.3) is 0 Å². The Morgan fingerprint density at radius 1 is 0.656 bits per heavy atom. The maximum atomic E-state index is 13.1. The molecule has 1 aliphatic carbocycles. The molecule has 0 radical (unpaired) electrons. The van der Waals surface area contributed by atoms with Crippen molar-refractivity contribution in [1.82, 2.24) is 13.6 Å². The van der Waals surface area contributed by atoms with Crippen molar-refractivity contribution in [2.45, 2.75) is 41.9 Å². The van der Waals surface area contributed by atoms with E-state index in [1.165, 1.54) is 20.4 Å². The van der Waals surface area contributed by atoms with Gasteiger partial charge < -0.3 is 4.90 Å². The minimum absolute atomic E-state index is 0.209. The third-order valence-electron chi connectivity index (χ3n) is 6.69. The molecule has 1 aromatic carbocycles. The first-order valence-electron chi connectivity index (χ1n) is 11.2. The van der Waals surface area contributed by atoms with Gasteiger partial charge >= 0.3 is 0 Å². The third kappa shape index (κ3) is 3.93. The van der Waals surface area contributed by atoms with Crippen LogP contribution in [0.4, 0.5) is 5.82 Å².